The molecule has 0 spiro atoms. The van der Waals surface area contributed by atoms with Crippen molar-refractivity contribution in [2.45, 2.75) is 44.6 Å². The zero-order valence-electron chi connectivity index (χ0n) is 16.7. The number of amides is 1. The molecule has 4 heteroatoms. The van der Waals surface area contributed by atoms with Gasteiger partial charge in [0.15, 0.2) is 0 Å². The Morgan fingerprint density at radius 1 is 1.00 bits per heavy atom. The molecule has 1 atom stereocenters. The lowest BCUT2D eigenvalue weighted by Crippen LogP contribution is -2.40. The van der Waals surface area contributed by atoms with Gasteiger partial charge in [-0.1, -0.05) is 24.6 Å². The third-order valence-corrected chi connectivity index (χ3v) is 6.15. The van der Waals surface area contributed by atoms with E-state index in [0.717, 1.165) is 37.2 Å². The van der Waals surface area contributed by atoms with Gasteiger partial charge in [0.25, 0.3) is 5.91 Å². The minimum Gasteiger partial charge on any atom is -0.497 e. The summed E-state index contributed by atoms with van der Waals surface area (Å²) in [5, 5.41) is 3.20. The lowest BCUT2D eigenvalue weighted by atomic mass is 10.0. The number of hydrogen-bond donors (Lipinski definition) is 1. The Kier molecular flexibility index (Phi) is 5.96. The normalized spacial score (nSPS) is 17.8. The van der Waals surface area contributed by atoms with Gasteiger partial charge in [-0.2, -0.15) is 0 Å². The third-order valence-electron chi connectivity index (χ3n) is 6.15. The number of nitrogens with one attached hydrogen (secondary N) is 1. The van der Waals surface area contributed by atoms with Crippen molar-refractivity contribution in [2.24, 2.45) is 0 Å². The fraction of sp³-hybridized carbons (Fsp3) is 0.458. The molecule has 1 heterocycles. The number of piperidine rings is 1. The Bertz CT molecular complexity index is 810. The quantitative estimate of drug-likeness (QED) is 0.821. The molecule has 1 fully saturated rings. The molecule has 1 saturated heterocycles. The highest BCUT2D eigenvalue weighted by Gasteiger charge is 2.23. The number of carbonyl (C=O) groups excluding carboxylic acids is 1. The molecule has 2 aromatic rings. The number of aryl methyl sites for hydroxylation is 2. The minimum absolute atomic E-state index is 0.0326. The van der Waals surface area contributed by atoms with Crippen LogP contribution in [-0.4, -0.2) is 37.6 Å². The molecule has 1 N–H and O–H groups in total. The summed E-state index contributed by atoms with van der Waals surface area (Å²) < 4.78 is 5.30. The minimum atomic E-state index is 0.0326. The molecule has 4 rings (SSSR count). The standard InChI is InChI=1S/C24H30N2O2/c1-28-22-12-10-19(11-13-22)23(26-14-3-2-4-15-26)17-25-24(27)21-9-8-18-6-5-7-20(18)16-21/h8-13,16,23H,2-7,14-15,17H2,1H3,(H,25,27)/t23-/m1/s1. The van der Waals surface area contributed by atoms with E-state index in [-0.39, 0.29) is 11.9 Å². The van der Waals surface area contributed by atoms with Gasteiger partial charge in [-0.3, -0.25) is 9.69 Å². The highest BCUT2D eigenvalue weighted by molar-refractivity contribution is 5.94. The Morgan fingerprint density at radius 3 is 2.50 bits per heavy atom. The van der Waals surface area contributed by atoms with E-state index < -0.39 is 0 Å². The lowest BCUT2D eigenvalue weighted by Gasteiger charge is -2.35. The second kappa shape index (κ2) is 8.78. The smallest absolute Gasteiger partial charge is 0.251 e. The van der Waals surface area contributed by atoms with Gasteiger partial charge in [0.1, 0.15) is 5.75 Å². The van der Waals surface area contributed by atoms with E-state index in [9.17, 15) is 4.79 Å². The van der Waals surface area contributed by atoms with Crippen LogP contribution in [0.5, 0.6) is 5.75 Å². The van der Waals surface area contributed by atoms with E-state index in [1.165, 1.54) is 42.4 Å². The summed E-state index contributed by atoms with van der Waals surface area (Å²) in [5.74, 6) is 0.897. The molecule has 4 nitrogen and oxygen atoms in total. The first-order valence-corrected chi connectivity index (χ1v) is 10.5. The van der Waals surface area contributed by atoms with Gasteiger partial charge in [-0.25, -0.2) is 0 Å². The molecule has 1 aliphatic carbocycles. The number of benzene rings is 2. The van der Waals surface area contributed by atoms with Gasteiger partial charge in [0.05, 0.1) is 13.2 Å². The van der Waals surface area contributed by atoms with Gasteiger partial charge in [-0.05, 0) is 86.1 Å². The molecule has 148 valence electrons. The zero-order valence-corrected chi connectivity index (χ0v) is 16.7. The van der Waals surface area contributed by atoms with E-state index in [2.05, 4.69) is 34.5 Å². The predicted molar refractivity (Wildman–Crippen MR) is 112 cm³/mol. The Labute approximate surface area is 167 Å². The van der Waals surface area contributed by atoms with Crippen molar-refractivity contribution in [2.75, 3.05) is 26.7 Å². The summed E-state index contributed by atoms with van der Waals surface area (Å²) >= 11 is 0. The van der Waals surface area contributed by atoms with E-state index in [4.69, 9.17) is 4.74 Å². The predicted octanol–water partition coefficient (Wildman–Crippen LogP) is 4.14. The molecule has 1 aliphatic heterocycles. The number of ether oxygens (including phenoxy) is 1. The van der Waals surface area contributed by atoms with Crippen LogP contribution in [0.4, 0.5) is 0 Å². The van der Waals surface area contributed by atoms with E-state index in [1.807, 2.05) is 18.2 Å². The highest BCUT2D eigenvalue weighted by atomic mass is 16.5. The average molecular weight is 379 g/mol. The first-order valence-electron chi connectivity index (χ1n) is 10.5. The zero-order chi connectivity index (χ0) is 19.3. The Morgan fingerprint density at radius 2 is 1.75 bits per heavy atom. The van der Waals surface area contributed by atoms with Crippen LogP contribution in [0.3, 0.4) is 0 Å². The Hall–Kier alpha value is -2.33. The van der Waals surface area contributed by atoms with Gasteiger partial charge in [0.2, 0.25) is 0 Å². The van der Waals surface area contributed by atoms with Gasteiger partial charge in [-0.15, -0.1) is 0 Å². The van der Waals surface area contributed by atoms with Crippen LogP contribution in [0.1, 0.15) is 58.8 Å². The Balaban J connectivity index is 1.47. The van der Waals surface area contributed by atoms with Gasteiger partial charge in [0, 0.05) is 12.1 Å². The summed E-state index contributed by atoms with van der Waals surface area (Å²) in [6.45, 7) is 2.80. The van der Waals surface area contributed by atoms with Crippen LogP contribution in [0.2, 0.25) is 0 Å². The van der Waals surface area contributed by atoms with E-state index in [0.29, 0.717) is 6.54 Å². The number of rotatable bonds is 6. The number of nitrogens with zero attached hydrogens (tertiary/aromatic N) is 1. The monoisotopic (exact) mass is 378 g/mol. The van der Waals surface area contributed by atoms with Crippen molar-refractivity contribution >= 4 is 5.91 Å². The fourth-order valence-electron chi connectivity index (χ4n) is 4.52. The van der Waals surface area contributed by atoms with Crippen molar-refractivity contribution in [1.82, 2.24) is 10.2 Å². The maximum absolute atomic E-state index is 12.8. The number of likely N-dealkylation sites (tertiary alicyclic amines) is 1. The number of methoxy groups -OCH3 is 1. The maximum Gasteiger partial charge on any atom is 0.251 e. The van der Waals surface area contributed by atoms with Gasteiger partial charge < -0.3 is 10.1 Å². The van der Waals surface area contributed by atoms with Crippen LogP contribution >= 0.6 is 0 Å². The molecule has 1 amide bonds. The molecular formula is C24H30N2O2. The van der Waals surface area contributed by atoms with E-state index in [1.54, 1.807) is 7.11 Å². The number of carbonyl (C=O) groups is 1. The van der Waals surface area contributed by atoms with Crippen LogP contribution < -0.4 is 10.1 Å². The molecule has 2 aliphatic rings. The molecule has 0 aromatic heterocycles. The summed E-state index contributed by atoms with van der Waals surface area (Å²) in [5.41, 5.74) is 4.76. The van der Waals surface area contributed by atoms with Crippen LogP contribution in [0, 0.1) is 0 Å². The van der Waals surface area contributed by atoms with Crippen molar-refractivity contribution in [3.05, 3.63) is 64.7 Å². The van der Waals surface area contributed by atoms with Crippen molar-refractivity contribution in [1.29, 1.82) is 0 Å². The first kappa shape index (κ1) is 19.0. The fourth-order valence-corrected chi connectivity index (χ4v) is 4.52. The molecule has 2 aromatic carbocycles. The molecule has 0 unspecified atom stereocenters. The number of fused-ring (bicyclic) bond motifs is 1. The van der Waals surface area contributed by atoms with E-state index >= 15 is 0 Å². The SMILES string of the molecule is COc1ccc([C@@H](CNC(=O)c2ccc3c(c2)CCC3)N2CCCCC2)cc1. The summed E-state index contributed by atoms with van der Waals surface area (Å²) in [7, 11) is 1.69. The summed E-state index contributed by atoms with van der Waals surface area (Å²) in [6.07, 6.45) is 7.20. The number of hydrogen-bond acceptors (Lipinski definition) is 3. The average Bonchev–Trinajstić information content (AvgIpc) is 3.23. The summed E-state index contributed by atoms with van der Waals surface area (Å²) in [4.78, 5) is 15.3. The molecule has 0 saturated carbocycles. The molecule has 0 bridgehead atoms. The second-order valence-electron chi connectivity index (χ2n) is 7.93. The first-order chi connectivity index (χ1) is 13.7. The van der Waals surface area contributed by atoms with Crippen LogP contribution in [-0.2, 0) is 12.8 Å². The largest absolute Gasteiger partial charge is 0.497 e. The van der Waals surface area contributed by atoms with Gasteiger partial charge >= 0.3 is 0 Å². The highest BCUT2D eigenvalue weighted by Crippen LogP contribution is 2.26. The van der Waals surface area contributed by atoms with Crippen molar-refractivity contribution < 1.29 is 9.53 Å². The van der Waals surface area contributed by atoms with Crippen LogP contribution in [0.25, 0.3) is 0 Å². The lowest BCUT2D eigenvalue weighted by molar-refractivity contribution is 0.0924. The molecule has 28 heavy (non-hydrogen) atoms. The topological polar surface area (TPSA) is 41.6 Å². The van der Waals surface area contributed by atoms with Crippen molar-refractivity contribution in [3.63, 3.8) is 0 Å². The molecular weight excluding hydrogens is 348 g/mol. The summed E-state index contributed by atoms with van der Waals surface area (Å²) in [6, 6.07) is 14.7. The second-order valence-corrected chi connectivity index (χ2v) is 7.93. The van der Waals surface area contributed by atoms with Crippen molar-refractivity contribution in [3.8, 4) is 5.75 Å². The maximum atomic E-state index is 12.8. The molecule has 0 radical (unpaired) electrons. The third kappa shape index (κ3) is 4.22. The van der Waals surface area contributed by atoms with Crippen LogP contribution in [0.15, 0.2) is 42.5 Å².